The highest BCUT2D eigenvalue weighted by Crippen LogP contribution is 2.28. The molecule has 1 heterocycles. The van der Waals surface area contributed by atoms with Gasteiger partial charge < -0.3 is 10.6 Å². The number of rotatable bonds is 3. The maximum absolute atomic E-state index is 12.1. The van der Waals surface area contributed by atoms with E-state index in [1.807, 2.05) is 0 Å². The van der Waals surface area contributed by atoms with Crippen LogP contribution in [0.1, 0.15) is 12.8 Å². The van der Waals surface area contributed by atoms with Crippen molar-refractivity contribution in [3.8, 4) is 0 Å². The molecule has 1 fully saturated rings. The average Bonchev–Trinajstić information content (AvgIpc) is 2.41. The molecule has 2 N–H and O–H groups in total. The summed E-state index contributed by atoms with van der Waals surface area (Å²) in [6.45, 7) is 1.61. The molecule has 0 aliphatic carbocycles. The van der Waals surface area contributed by atoms with Gasteiger partial charge in [0.15, 0.2) is 0 Å². The van der Waals surface area contributed by atoms with E-state index in [0.29, 0.717) is 4.47 Å². The molecule has 7 heteroatoms. The van der Waals surface area contributed by atoms with E-state index >= 15 is 0 Å². The lowest BCUT2D eigenvalue weighted by Gasteiger charge is -2.21. The molecule has 1 saturated heterocycles. The van der Waals surface area contributed by atoms with Crippen LogP contribution in [0.5, 0.6) is 0 Å². The smallest absolute Gasteiger partial charge is 0.293 e. The summed E-state index contributed by atoms with van der Waals surface area (Å²) in [5, 5.41) is 16.8. The van der Waals surface area contributed by atoms with Crippen molar-refractivity contribution >= 4 is 33.2 Å². The van der Waals surface area contributed by atoms with E-state index in [1.165, 1.54) is 6.07 Å². The van der Waals surface area contributed by atoms with E-state index in [2.05, 4.69) is 26.6 Å². The van der Waals surface area contributed by atoms with Gasteiger partial charge in [-0.2, -0.15) is 0 Å². The van der Waals surface area contributed by atoms with Gasteiger partial charge in [-0.15, -0.1) is 0 Å². The quantitative estimate of drug-likeness (QED) is 0.659. The van der Waals surface area contributed by atoms with E-state index in [9.17, 15) is 14.9 Å². The van der Waals surface area contributed by atoms with Gasteiger partial charge in [0, 0.05) is 16.5 Å². The van der Waals surface area contributed by atoms with Crippen LogP contribution in [-0.4, -0.2) is 23.9 Å². The fourth-order valence-corrected chi connectivity index (χ4v) is 2.43. The third-order valence-electron chi connectivity index (χ3n) is 3.12. The maximum atomic E-state index is 12.1. The molecule has 1 aliphatic rings. The number of carbonyl (C=O) groups excluding carboxylic acids is 1. The van der Waals surface area contributed by atoms with E-state index < -0.39 is 4.92 Å². The summed E-state index contributed by atoms with van der Waals surface area (Å²) in [5.74, 6) is -0.226. The SMILES string of the molecule is O=C(Nc1ccc(Br)cc1[N+](=O)[O-])C1CCNCC1. The molecule has 0 bridgehead atoms. The number of nitrogens with zero attached hydrogens (tertiary/aromatic N) is 1. The van der Waals surface area contributed by atoms with Gasteiger partial charge in [-0.25, -0.2) is 0 Å². The zero-order chi connectivity index (χ0) is 13.8. The van der Waals surface area contributed by atoms with E-state index in [1.54, 1.807) is 12.1 Å². The first-order valence-electron chi connectivity index (χ1n) is 6.03. The Morgan fingerprint density at radius 3 is 2.74 bits per heavy atom. The monoisotopic (exact) mass is 327 g/mol. The second kappa shape index (κ2) is 6.12. The molecule has 102 valence electrons. The van der Waals surface area contributed by atoms with Gasteiger partial charge in [0.05, 0.1) is 4.92 Å². The number of hydrogen-bond donors (Lipinski definition) is 2. The molecule has 0 radical (unpaired) electrons. The molecule has 0 spiro atoms. The molecule has 6 nitrogen and oxygen atoms in total. The predicted molar refractivity (Wildman–Crippen MR) is 75.0 cm³/mol. The molecule has 1 aliphatic heterocycles. The van der Waals surface area contributed by atoms with Crippen molar-refractivity contribution in [2.45, 2.75) is 12.8 Å². The van der Waals surface area contributed by atoms with Crippen LogP contribution < -0.4 is 10.6 Å². The summed E-state index contributed by atoms with van der Waals surface area (Å²) in [6, 6.07) is 4.60. The van der Waals surface area contributed by atoms with Crippen molar-refractivity contribution in [1.29, 1.82) is 0 Å². The number of anilines is 1. The Morgan fingerprint density at radius 2 is 2.11 bits per heavy atom. The normalized spacial score (nSPS) is 16.1. The third-order valence-corrected chi connectivity index (χ3v) is 3.62. The van der Waals surface area contributed by atoms with Gasteiger partial charge in [0.25, 0.3) is 5.69 Å². The molecular formula is C12H14BrN3O3. The van der Waals surface area contributed by atoms with Gasteiger partial charge in [-0.1, -0.05) is 15.9 Å². The van der Waals surface area contributed by atoms with Crippen molar-refractivity contribution in [3.05, 3.63) is 32.8 Å². The number of nitrogens with one attached hydrogen (secondary N) is 2. The molecule has 2 rings (SSSR count). The Bertz CT molecular complexity index is 501. The van der Waals surface area contributed by atoms with Crippen LogP contribution in [0.4, 0.5) is 11.4 Å². The number of piperidine rings is 1. The van der Waals surface area contributed by atoms with Crippen molar-refractivity contribution in [1.82, 2.24) is 5.32 Å². The lowest BCUT2D eigenvalue weighted by atomic mass is 9.97. The van der Waals surface area contributed by atoms with Crippen LogP contribution in [0.2, 0.25) is 0 Å². The van der Waals surface area contributed by atoms with Crippen molar-refractivity contribution < 1.29 is 9.72 Å². The Kier molecular flexibility index (Phi) is 4.49. The molecule has 0 atom stereocenters. The fourth-order valence-electron chi connectivity index (χ4n) is 2.08. The number of hydrogen-bond acceptors (Lipinski definition) is 4. The fraction of sp³-hybridized carbons (Fsp3) is 0.417. The summed E-state index contributed by atoms with van der Waals surface area (Å²) in [5.41, 5.74) is 0.147. The minimum absolute atomic E-state index is 0.0792. The number of halogens is 1. The van der Waals surface area contributed by atoms with Gasteiger partial charge in [0.1, 0.15) is 5.69 Å². The lowest BCUT2D eigenvalue weighted by molar-refractivity contribution is -0.384. The molecule has 0 aromatic heterocycles. The number of nitro benzene ring substituents is 1. The highest BCUT2D eigenvalue weighted by molar-refractivity contribution is 9.10. The van der Waals surface area contributed by atoms with Crippen LogP contribution in [0.15, 0.2) is 22.7 Å². The predicted octanol–water partition coefficient (Wildman–Crippen LogP) is 2.30. The minimum Gasteiger partial charge on any atom is -0.320 e. The summed E-state index contributed by atoms with van der Waals surface area (Å²) < 4.78 is 0.610. The first-order valence-corrected chi connectivity index (χ1v) is 6.83. The summed E-state index contributed by atoms with van der Waals surface area (Å²) in [6.07, 6.45) is 1.52. The number of amides is 1. The molecule has 1 aromatic rings. The van der Waals surface area contributed by atoms with Crippen molar-refractivity contribution in [2.75, 3.05) is 18.4 Å². The zero-order valence-electron chi connectivity index (χ0n) is 10.2. The van der Waals surface area contributed by atoms with E-state index in [0.717, 1.165) is 25.9 Å². The summed E-state index contributed by atoms with van der Waals surface area (Å²) >= 11 is 3.18. The van der Waals surface area contributed by atoms with Crippen LogP contribution in [0.3, 0.4) is 0 Å². The van der Waals surface area contributed by atoms with Crippen LogP contribution in [0, 0.1) is 16.0 Å². The first kappa shape index (κ1) is 14.0. The van der Waals surface area contributed by atoms with Gasteiger partial charge in [0.2, 0.25) is 5.91 Å². The van der Waals surface area contributed by atoms with E-state index in [-0.39, 0.29) is 23.2 Å². The lowest BCUT2D eigenvalue weighted by Crippen LogP contribution is -2.34. The molecule has 1 aromatic carbocycles. The Balaban J connectivity index is 2.13. The molecular weight excluding hydrogens is 314 g/mol. The van der Waals surface area contributed by atoms with Crippen LogP contribution >= 0.6 is 15.9 Å². The second-order valence-corrected chi connectivity index (χ2v) is 5.35. The highest BCUT2D eigenvalue weighted by atomic mass is 79.9. The van der Waals surface area contributed by atoms with Crippen LogP contribution in [-0.2, 0) is 4.79 Å². The number of benzene rings is 1. The van der Waals surface area contributed by atoms with Gasteiger partial charge in [-0.3, -0.25) is 14.9 Å². The molecule has 0 saturated carbocycles. The highest BCUT2D eigenvalue weighted by Gasteiger charge is 2.23. The van der Waals surface area contributed by atoms with Gasteiger partial charge in [-0.05, 0) is 38.1 Å². The zero-order valence-corrected chi connectivity index (χ0v) is 11.8. The number of nitro groups is 1. The topological polar surface area (TPSA) is 84.3 Å². The van der Waals surface area contributed by atoms with Gasteiger partial charge >= 0.3 is 0 Å². The maximum Gasteiger partial charge on any atom is 0.293 e. The third kappa shape index (κ3) is 3.51. The Labute approximate surface area is 118 Å². The molecule has 0 unspecified atom stereocenters. The summed E-state index contributed by atoms with van der Waals surface area (Å²) in [4.78, 5) is 22.5. The Morgan fingerprint density at radius 1 is 1.42 bits per heavy atom. The first-order chi connectivity index (χ1) is 9.08. The summed E-state index contributed by atoms with van der Waals surface area (Å²) in [7, 11) is 0. The van der Waals surface area contributed by atoms with Crippen molar-refractivity contribution in [3.63, 3.8) is 0 Å². The van der Waals surface area contributed by atoms with E-state index in [4.69, 9.17) is 0 Å². The molecule has 19 heavy (non-hydrogen) atoms. The minimum atomic E-state index is -0.497. The van der Waals surface area contributed by atoms with Crippen LogP contribution in [0.25, 0.3) is 0 Å². The van der Waals surface area contributed by atoms with Crippen molar-refractivity contribution in [2.24, 2.45) is 5.92 Å². The molecule has 1 amide bonds. The average molecular weight is 328 g/mol. The largest absolute Gasteiger partial charge is 0.320 e. The second-order valence-electron chi connectivity index (χ2n) is 4.43. The Hall–Kier alpha value is -1.47. The standard InChI is InChI=1S/C12H14BrN3O3/c13-9-1-2-10(11(7-9)16(18)19)15-12(17)8-3-5-14-6-4-8/h1-2,7-8,14H,3-6H2,(H,15,17). The number of carbonyl (C=O) groups is 1.